The smallest absolute Gasteiger partial charge is 0.277 e. The van der Waals surface area contributed by atoms with E-state index in [2.05, 4.69) is 19.3 Å². The van der Waals surface area contributed by atoms with Crippen LogP contribution in [0.25, 0.3) is 0 Å². The molecule has 30 heavy (non-hydrogen) atoms. The van der Waals surface area contributed by atoms with Crippen molar-refractivity contribution in [2.45, 2.75) is 76.2 Å². The van der Waals surface area contributed by atoms with Crippen LogP contribution in [0, 0.1) is 0 Å². The maximum absolute atomic E-state index is 13.3. The van der Waals surface area contributed by atoms with Gasteiger partial charge in [0.2, 0.25) is 0 Å². The molecule has 0 aliphatic heterocycles. The fraction of sp³-hybridized carbons (Fsp3) is 0.500. The number of hydrazine groups is 1. The highest BCUT2D eigenvalue weighted by molar-refractivity contribution is 7.92. The molecule has 0 radical (unpaired) electrons. The largest absolute Gasteiger partial charge is 0.388 e. The number of nitrogens with one attached hydrogen (secondary N) is 1. The lowest BCUT2D eigenvalue weighted by Crippen LogP contribution is -2.43. The average molecular weight is 433 g/mol. The molecule has 0 bridgehead atoms. The zero-order valence-electron chi connectivity index (χ0n) is 18.3. The molecule has 0 saturated heterocycles. The van der Waals surface area contributed by atoms with Gasteiger partial charge in [0, 0.05) is 6.54 Å². The second kappa shape index (κ2) is 12.7. The van der Waals surface area contributed by atoms with E-state index in [9.17, 15) is 13.5 Å². The summed E-state index contributed by atoms with van der Waals surface area (Å²) in [7, 11) is -3.74. The summed E-state index contributed by atoms with van der Waals surface area (Å²) in [5.74, 6) is 0. The zero-order valence-corrected chi connectivity index (χ0v) is 19.1. The van der Waals surface area contributed by atoms with E-state index in [1.54, 1.807) is 42.5 Å². The maximum atomic E-state index is 13.3. The molecule has 0 aliphatic rings. The Morgan fingerprint density at radius 3 is 2.13 bits per heavy atom. The predicted molar refractivity (Wildman–Crippen MR) is 124 cm³/mol. The Labute approximate surface area is 182 Å². The van der Waals surface area contributed by atoms with Crippen molar-refractivity contribution in [3.8, 4) is 0 Å². The van der Waals surface area contributed by atoms with Crippen molar-refractivity contribution in [3.63, 3.8) is 0 Å². The minimum atomic E-state index is -3.74. The molecule has 2 aromatic rings. The van der Waals surface area contributed by atoms with Crippen LogP contribution in [0.4, 0.5) is 5.69 Å². The monoisotopic (exact) mass is 432 g/mol. The van der Waals surface area contributed by atoms with E-state index in [0.29, 0.717) is 12.2 Å². The van der Waals surface area contributed by atoms with Crippen LogP contribution in [-0.4, -0.2) is 20.1 Å². The second-order valence-corrected chi connectivity index (χ2v) is 9.44. The number of sulfonamides is 1. The summed E-state index contributed by atoms with van der Waals surface area (Å²) in [5.41, 5.74) is 4.46. The highest BCUT2D eigenvalue weighted by Gasteiger charge is 2.25. The molecular weight excluding hydrogens is 396 g/mol. The van der Waals surface area contributed by atoms with E-state index >= 15 is 0 Å². The highest BCUT2D eigenvalue weighted by Crippen LogP contribution is 2.26. The van der Waals surface area contributed by atoms with Crippen molar-refractivity contribution in [2.75, 3.05) is 11.0 Å². The average Bonchev–Trinajstić information content (AvgIpc) is 2.77. The first-order chi connectivity index (χ1) is 14.5. The van der Waals surface area contributed by atoms with Gasteiger partial charge in [-0.25, -0.2) is 5.43 Å². The number of anilines is 1. The first-order valence-electron chi connectivity index (χ1n) is 11.1. The number of nitrogens with zero attached hydrogens (tertiary/aromatic N) is 1. The van der Waals surface area contributed by atoms with Crippen molar-refractivity contribution >= 4 is 15.7 Å². The van der Waals surface area contributed by atoms with Crippen LogP contribution in [0.1, 0.15) is 76.9 Å². The van der Waals surface area contributed by atoms with Gasteiger partial charge in [-0.1, -0.05) is 82.7 Å². The zero-order chi connectivity index (χ0) is 21.8. The quantitative estimate of drug-likeness (QED) is 0.302. The second-order valence-electron chi connectivity index (χ2n) is 7.65. The van der Waals surface area contributed by atoms with Gasteiger partial charge in [0.15, 0.2) is 0 Å². The third kappa shape index (κ3) is 7.11. The summed E-state index contributed by atoms with van der Waals surface area (Å²) in [4.78, 5) is 0.245. The van der Waals surface area contributed by atoms with Gasteiger partial charge in [0.1, 0.15) is 0 Å². The van der Waals surface area contributed by atoms with Crippen LogP contribution >= 0.6 is 0 Å². The van der Waals surface area contributed by atoms with Crippen LogP contribution in [0.2, 0.25) is 0 Å². The van der Waals surface area contributed by atoms with Gasteiger partial charge >= 0.3 is 0 Å². The number of benzene rings is 2. The van der Waals surface area contributed by atoms with Gasteiger partial charge in [-0.05, 0) is 42.7 Å². The summed E-state index contributed by atoms with van der Waals surface area (Å²) in [5, 5.41) is 10.4. The summed E-state index contributed by atoms with van der Waals surface area (Å²) in [6.07, 6.45) is 7.62. The van der Waals surface area contributed by atoms with Gasteiger partial charge in [-0.3, -0.25) is 0 Å². The van der Waals surface area contributed by atoms with Crippen molar-refractivity contribution in [1.82, 2.24) is 5.43 Å². The van der Waals surface area contributed by atoms with Crippen molar-refractivity contribution in [2.24, 2.45) is 0 Å². The van der Waals surface area contributed by atoms with Crippen LogP contribution in [-0.2, 0) is 10.0 Å². The molecule has 5 nitrogen and oxygen atoms in total. The van der Waals surface area contributed by atoms with Gasteiger partial charge < -0.3 is 5.11 Å². The summed E-state index contributed by atoms with van der Waals surface area (Å²) in [6.45, 7) is 4.86. The Morgan fingerprint density at radius 2 is 1.50 bits per heavy atom. The number of hydrogen-bond acceptors (Lipinski definition) is 4. The van der Waals surface area contributed by atoms with E-state index in [0.717, 1.165) is 56.9 Å². The third-order valence-corrected chi connectivity index (χ3v) is 6.85. The first-order valence-corrected chi connectivity index (χ1v) is 12.6. The SMILES string of the molecule is CCCCCCNN(c1ccc(C(O)CCCCC)cc1)S(=O)(=O)c1ccccc1. The molecule has 2 aromatic carbocycles. The van der Waals surface area contributed by atoms with Crippen molar-refractivity contribution in [3.05, 3.63) is 60.2 Å². The van der Waals surface area contributed by atoms with Crippen LogP contribution in [0.15, 0.2) is 59.5 Å². The minimum absolute atomic E-state index is 0.245. The van der Waals surface area contributed by atoms with E-state index in [-0.39, 0.29) is 4.90 Å². The molecule has 1 unspecified atom stereocenters. The van der Waals surface area contributed by atoms with Gasteiger partial charge in [-0.15, -0.1) is 0 Å². The molecule has 0 saturated carbocycles. The van der Waals surface area contributed by atoms with Crippen LogP contribution in [0.3, 0.4) is 0 Å². The summed E-state index contributed by atoms with van der Waals surface area (Å²) >= 11 is 0. The van der Waals surface area contributed by atoms with E-state index < -0.39 is 16.1 Å². The number of aliphatic hydroxyl groups is 1. The Hall–Kier alpha value is -1.89. The van der Waals surface area contributed by atoms with E-state index in [1.807, 2.05) is 12.1 Å². The van der Waals surface area contributed by atoms with Crippen molar-refractivity contribution in [1.29, 1.82) is 0 Å². The fourth-order valence-electron chi connectivity index (χ4n) is 3.33. The molecule has 6 heteroatoms. The Kier molecular flexibility index (Phi) is 10.3. The van der Waals surface area contributed by atoms with Gasteiger partial charge in [-0.2, -0.15) is 12.8 Å². The third-order valence-electron chi connectivity index (χ3n) is 5.16. The minimum Gasteiger partial charge on any atom is -0.388 e. The van der Waals surface area contributed by atoms with E-state index in [4.69, 9.17) is 0 Å². The molecule has 1 atom stereocenters. The predicted octanol–water partition coefficient (Wildman–Crippen LogP) is 5.58. The lowest BCUT2D eigenvalue weighted by atomic mass is 10.0. The molecule has 2 N–H and O–H groups in total. The number of unbranched alkanes of at least 4 members (excludes halogenated alkanes) is 5. The highest BCUT2D eigenvalue weighted by atomic mass is 32.2. The number of hydrogen-bond donors (Lipinski definition) is 2. The van der Waals surface area contributed by atoms with E-state index in [1.165, 1.54) is 4.41 Å². The molecule has 0 aliphatic carbocycles. The summed E-state index contributed by atoms with van der Waals surface area (Å²) in [6, 6.07) is 15.6. The normalized spacial score (nSPS) is 12.6. The van der Waals surface area contributed by atoms with Crippen LogP contribution < -0.4 is 9.84 Å². The Bertz CT molecular complexity index is 823. The fourth-order valence-corrected chi connectivity index (χ4v) is 4.70. The Morgan fingerprint density at radius 1 is 0.867 bits per heavy atom. The standard InChI is InChI=1S/C24H36N2O3S/c1-3-5-7-12-20-25-26(30(28,29)23-13-10-8-11-14-23)22-18-16-21(17-19-22)24(27)15-9-6-4-2/h8,10-11,13-14,16-19,24-25,27H,3-7,9,12,15,20H2,1-2H3. The molecule has 0 amide bonds. The lowest BCUT2D eigenvalue weighted by molar-refractivity contribution is 0.163. The van der Waals surface area contributed by atoms with Crippen LogP contribution in [0.5, 0.6) is 0 Å². The lowest BCUT2D eigenvalue weighted by Gasteiger charge is -2.25. The van der Waals surface area contributed by atoms with Crippen molar-refractivity contribution < 1.29 is 13.5 Å². The number of aliphatic hydroxyl groups excluding tert-OH is 1. The molecule has 2 rings (SSSR count). The molecule has 0 fully saturated rings. The first kappa shape index (κ1) is 24.4. The number of rotatable bonds is 14. The topological polar surface area (TPSA) is 69.6 Å². The summed E-state index contributed by atoms with van der Waals surface area (Å²) < 4.78 is 27.8. The molecule has 0 spiro atoms. The molecule has 0 heterocycles. The molecule has 166 valence electrons. The maximum Gasteiger partial charge on any atom is 0.277 e. The molecule has 0 aromatic heterocycles. The Balaban J connectivity index is 2.19. The molecular formula is C24H36N2O3S. The van der Waals surface area contributed by atoms with Gasteiger partial charge in [0.25, 0.3) is 10.0 Å². The van der Waals surface area contributed by atoms with Gasteiger partial charge in [0.05, 0.1) is 16.7 Å².